The molecule has 3 rings (SSSR count). The maximum Gasteiger partial charge on any atom is 0.251 e. The summed E-state index contributed by atoms with van der Waals surface area (Å²) in [7, 11) is 2.02. The van der Waals surface area contributed by atoms with Gasteiger partial charge in [-0.15, -0.1) is 0 Å². The third-order valence-corrected chi connectivity index (χ3v) is 4.96. The highest BCUT2D eigenvalue weighted by atomic mass is 16.5. The predicted octanol–water partition coefficient (Wildman–Crippen LogP) is 1.16. The monoisotopic (exact) mass is 382 g/mol. The molecule has 1 amide bonds. The van der Waals surface area contributed by atoms with E-state index >= 15 is 0 Å². The van der Waals surface area contributed by atoms with Crippen LogP contribution in [0.2, 0.25) is 0 Å². The molecular weight excluding hydrogens is 356 g/mol. The van der Waals surface area contributed by atoms with Crippen molar-refractivity contribution in [2.45, 2.75) is 26.1 Å². The molecule has 0 saturated carbocycles. The van der Waals surface area contributed by atoms with Crippen LogP contribution in [0.15, 0.2) is 24.5 Å². The van der Waals surface area contributed by atoms with Gasteiger partial charge < -0.3 is 19.9 Å². The number of nitrogens with zero attached hydrogens (tertiary/aromatic N) is 5. The maximum atomic E-state index is 12.6. The van der Waals surface area contributed by atoms with Gasteiger partial charge in [0.2, 0.25) is 0 Å². The van der Waals surface area contributed by atoms with Gasteiger partial charge in [0.1, 0.15) is 11.6 Å². The lowest BCUT2D eigenvalue weighted by atomic mass is 10.1. The average Bonchev–Trinajstić information content (AvgIpc) is 2.72. The van der Waals surface area contributed by atoms with Crippen LogP contribution in [0.1, 0.15) is 19.5 Å². The van der Waals surface area contributed by atoms with Gasteiger partial charge in [0.05, 0.1) is 24.5 Å². The number of fused-ring (bicyclic) bond motifs is 1. The number of pyridine rings is 2. The second-order valence-electron chi connectivity index (χ2n) is 7.03. The first-order valence-corrected chi connectivity index (χ1v) is 9.54. The Kier molecular flexibility index (Phi) is 6.39. The van der Waals surface area contributed by atoms with Crippen LogP contribution in [0, 0.1) is 11.3 Å². The number of hydrogen-bond donors (Lipinski definition) is 1. The fraction of sp³-hybridized carbons (Fsp3) is 0.500. The molecule has 2 aromatic heterocycles. The third-order valence-electron chi connectivity index (χ3n) is 4.96. The van der Waals surface area contributed by atoms with Crippen molar-refractivity contribution in [1.29, 1.82) is 5.26 Å². The van der Waals surface area contributed by atoms with Gasteiger partial charge in [0.15, 0.2) is 11.8 Å². The van der Waals surface area contributed by atoms with Crippen molar-refractivity contribution >= 4 is 22.5 Å². The Hall–Kier alpha value is -2.76. The Morgan fingerprint density at radius 1 is 1.46 bits per heavy atom. The van der Waals surface area contributed by atoms with E-state index in [-0.39, 0.29) is 12.0 Å². The molecule has 1 saturated heterocycles. The molecule has 1 fully saturated rings. The zero-order valence-corrected chi connectivity index (χ0v) is 16.6. The van der Waals surface area contributed by atoms with E-state index in [1.165, 1.54) is 0 Å². The topological polar surface area (TPSA) is 94.4 Å². The van der Waals surface area contributed by atoms with Crippen molar-refractivity contribution in [3.05, 3.63) is 30.2 Å². The predicted molar refractivity (Wildman–Crippen MR) is 107 cm³/mol. The molecule has 8 nitrogen and oxygen atoms in total. The number of anilines is 1. The number of morpholine rings is 1. The van der Waals surface area contributed by atoms with Gasteiger partial charge in [-0.05, 0) is 32.6 Å². The molecule has 28 heavy (non-hydrogen) atoms. The maximum absolute atomic E-state index is 12.6. The van der Waals surface area contributed by atoms with Crippen LogP contribution in [-0.4, -0.2) is 72.8 Å². The van der Waals surface area contributed by atoms with Gasteiger partial charge in [-0.1, -0.05) is 6.92 Å². The summed E-state index contributed by atoms with van der Waals surface area (Å²) in [5.74, 6) is -0.106. The van der Waals surface area contributed by atoms with E-state index < -0.39 is 6.10 Å². The molecule has 1 aliphatic rings. The summed E-state index contributed by atoms with van der Waals surface area (Å²) < 4.78 is 5.88. The Balaban J connectivity index is 1.77. The van der Waals surface area contributed by atoms with Crippen molar-refractivity contribution < 1.29 is 9.53 Å². The van der Waals surface area contributed by atoms with E-state index in [0.717, 1.165) is 24.2 Å². The summed E-state index contributed by atoms with van der Waals surface area (Å²) in [6, 6.07) is 5.85. The highest BCUT2D eigenvalue weighted by Gasteiger charge is 2.31. The minimum absolute atomic E-state index is 0.106. The highest BCUT2D eigenvalue weighted by Crippen LogP contribution is 2.28. The zero-order chi connectivity index (χ0) is 20.1. The van der Waals surface area contributed by atoms with E-state index in [0.29, 0.717) is 30.8 Å². The standard InChI is InChI=1S/C20H26N6O2/c1-4-25(3)9-8-23-20(27)18-13-26(12-14(2)28-18)17-11-24-16(10-21)19-15(17)6-5-7-22-19/h5-7,11,14,18H,4,8-9,12-13H2,1-3H3,(H,23,27)/t14-,18-/m1/s1. The average molecular weight is 382 g/mol. The Morgan fingerprint density at radius 2 is 2.29 bits per heavy atom. The molecule has 2 aromatic rings. The number of carbonyl (C=O) groups excluding carboxylic acids is 1. The summed E-state index contributed by atoms with van der Waals surface area (Å²) in [5, 5.41) is 13.1. The van der Waals surface area contributed by atoms with Crippen LogP contribution in [0.5, 0.6) is 0 Å². The quantitative estimate of drug-likeness (QED) is 0.801. The Bertz CT molecular complexity index is 881. The van der Waals surface area contributed by atoms with Crippen molar-refractivity contribution in [2.75, 3.05) is 44.7 Å². The van der Waals surface area contributed by atoms with E-state index in [1.807, 2.05) is 26.1 Å². The third kappa shape index (κ3) is 4.38. The fourth-order valence-electron chi connectivity index (χ4n) is 3.33. The van der Waals surface area contributed by atoms with E-state index in [9.17, 15) is 10.1 Å². The lowest BCUT2D eigenvalue weighted by molar-refractivity contribution is -0.137. The van der Waals surface area contributed by atoms with Gasteiger partial charge in [-0.2, -0.15) is 5.26 Å². The second kappa shape index (κ2) is 8.95. The summed E-state index contributed by atoms with van der Waals surface area (Å²) in [5.41, 5.74) is 1.74. The number of amides is 1. The molecule has 0 radical (unpaired) electrons. The molecule has 2 atom stereocenters. The molecule has 0 aliphatic carbocycles. The van der Waals surface area contributed by atoms with Crippen LogP contribution in [0.25, 0.3) is 10.9 Å². The van der Waals surface area contributed by atoms with E-state index in [2.05, 4.69) is 38.1 Å². The molecule has 0 bridgehead atoms. The minimum atomic E-state index is -0.557. The van der Waals surface area contributed by atoms with Crippen molar-refractivity contribution in [3.63, 3.8) is 0 Å². The first-order valence-electron chi connectivity index (χ1n) is 9.54. The molecular formula is C20H26N6O2. The number of nitrogens with one attached hydrogen (secondary N) is 1. The van der Waals surface area contributed by atoms with Crippen LogP contribution < -0.4 is 10.2 Å². The summed E-state index contributed by atoms with van der Waals surface area (Å²) >= 11 is 0. The van der Waals surface area contributed by atoms with E-state index in [4.69, 9.17) is 4.74 Å². The van der Waals surface area contributed by atoms with Crippen molar-refractivity contribution in [1.82, 2.24) is 20.2 Å². The normalized spacial score (nSPS) is 19.6. The number of rotatable bonds is 6. The number of hydrogen-bond acceptors (Lipinski definition) is 7. The van der Waals surface area contributed by atoms with Crippen LogP contribution in [0.3, 0.4) is 0 Å². The Morgan fingerprint density at radius 3 is 3.04 bits per heavy atom. The molecule has 1 aliphatic heterocycles. The minimum Gasteiger partial charge on any atom is -0.364 e. The van der Waals surface area contributed by atoms with Gasteiger partial charge in [-0.25, -0.2) is 4.98 Å². The first kappa shape index (κ1) is 20.0. The number of carbonyl (C=O) groups is 1. The molecule has 3 heterocycles. The summed E-state index contributed by atoms with van der Waals surface area (Å²) in [6.07, 6.45) is 2.68. The van der Waals surface area contributed by atoms with Crippen LogP contribution in [-0.2, 0) is 9.53 Å². The van der Waals surface area contributed by atoms with Gasteiger partial charge in [0, 0.05) is 31.2 Å². The van der Waals surface area contributed by atoms with E-state index in [1.54, 1.807) is 12.4 Å². The molecule has 0 spiro atoms. The molecule has 8 heteroatoms. The zero-order valence-electron chi connectivity index (χ0n) is 16.6. The van der Waals surface area contributed by atoms with Gasteiger partial charge >= 0.3 is 0 Å². The highest BCUT2D eigenvalue weighted by molar-refractivity contribution is 5.94. The summed E-state index contributed by atoms with van der Waals surface area (Å²) in [4.78, 5) is 25.4. The molecule has 0 aromatic carbocycles. The smallest absolute Gasteiger partial charge is 0.251 e. The van der Waals surface area contributed by atoms with Crippen molar-refractivity contribution in [2.24, 2.45) is 0 Å². The first-order chi connectivity index (χ1) is 13.5. The second-order valence-corrected chi connectivity index (χ2v) is 7.03. The number of likely N-dealkylation sites (N-methyl/N-ethyl adjacent to an activating group) is 1. The van der Waals surface area contributed by atoms with Crippen LogP contribution >= 0.6 is 0 Å². The SMILES string of the molecule is CCN(C)CCNC(=O)[C@H]1CN(c2cnc(C#N)c3ncccc23)C[C@@H](C)O1. The van der Waals surface area contributed by atoms with Gasteiger partial charge in [-0.3, -0.25) is 9.78 Å². The Labute approximate surface area is 165 Å². The largest absolute Gasteiger partial charge is 0.364 e. The lowest BCUT2D eigenvalue weighted by Gasteiger charge is -2.37. The number of ether oxygens (including phenoxy) is 1. The molecule has 1 N–H and O–H groups in total. The fourth-order valence-corrected chi connectivity index (χ4v) is 3.33. The molecule has 148 valence electrons. The lowest BCUT2D eigenvalue weighted by Crippen LogP contribution is -2.53. The van der Waals surface area contributed by atoms with Gasteiger partial charge in [0.25, 0.3) is 5.91 Å². The number of nitriles is 1. The number of aromatic nitrogens is 2. The van der Waals surface area contributed by atoms with Crippen LogP contribution in [0.4, 0.5) is 5.69 Å². The molecule has 0 unspecified atom stereocenters. The summed E-state index contributed by atoms with van der Waals surface area (Å²) in [6.45, 7) is 7.42. The van der Waals surface area contributed by atoms with Crippen molar-refractivity contribution in [3.8, 4) is 6.07 Å².